The van der Waals surface area contributed by atoms with Crippen LogP contribution < -0.4 is 5.32 Å². The Labute approximate surface area is 99.6 Å². The third-order valence-corrected chi connectivity index (χ3v) is 2.02. The van der Waals surface area contributed by atoms with Gasteiger partial charge in [0.15, 0.2) is 0 Å². The highest BCUT2D eigenvalue weighted by Crippen LogP contribution is 2.23. The van der Waals surface area contributed by atoms with Crippen LogP contribution in [-0.2, 0) is 0 Å². The van der Waals surface area contributed by atoms with Crippen LogP contribution in [0.5, 0.6) is 0 Å². The van der Waals surface area contributed by atoms with E-state index in [9.17, 15) is 22.4 Å². The highest BCUT2D eigenvalue weighted by Gasteiger charge is 2.40. The van der Waals surface area contributed by atoms with Gasteiger partial charge in [0, 0.05) is 5.69 Å². The monoisotopic (exact) mass is 266 g/mol. The van der Waals surface area contributed by atoms with Crippen LogP contribution in [0.25, 0.3) is 0 Å². The standard InChI is InChI=1S/C10H10F4N2O2/c1-5-2-6(8(17)18)3-7(16-5)15-4-10(13,14)9(11)12/h2-3,9H,4H2,1H3,(H,15,16)(H,17,18). The van der Waals surface area contributed by atoms with Gasteiger partial charge in [-0.3, -0.25) is 0 Å². The molecule has 0 bridgehead atoms. The number of carbonyl (C=O) groups is 1. The van der Waals surface area contributed by atoms with E-state index in [0.717, 1.165) is 6.07 Å². The molecule has 2 N–H and O–H groups in total. The molecule has 0 atom stereocenters. The molecule has 18 heavy (non-hydrogen) atoms. The van der Waals surface area contributed by atoms with Crippen molar-refractivity contribution in [3.05, 3.63) is 23.4 Å². The van der Waals surface area contributed by atoms with E-state index >= 15 is 0 Å². The number of carboxylic acid groups (broad SMARTS) is 1. The Kier molecular flexibility index (Phi) is 4.10. The second-order valence-corrected chi connectivity index (χ2v) is 3.60. The summed E-state index contributed by atoms with van der Waals surface area (Å²) in [6.45, 7) is 0.142. The van der Waals surface area contributed by atoms with Crippen LogP contribution in [0, 0.1) is 6.92 Å². The van der Waals surface area contributed by atoms with Crippen LogP contribution in [0.3, 0.4) is 0 Å². The molecule has 0 aliphatic heterocycles. The van der Waals surface area contributed by atoms with Gasteiger partial charge in [0.1, 0.15) is 5.82 Å². The van der Waals surface area contributed by atoms with Crippen LogP contribution in [0.4, 0.5) is 23.4 Å². The number of pyridine rings is 1. The number of nitrogens with one attached hydrogen (secondary N) is 1. The summed E-state index contributed by atoms with van der Waals surface area (Å²) in [6.07, 6.45) is -3.80. The van der Waals surface area contributed by atoms with Crippen molar-refractivity contribution in [2.24, 2.45) is 0 Å². The Bertz CT molecular complexity index is 452. The van der Waals surface area contributed by atoms with Crippen molar-refractivity contribution in [2.45, 2.75) is 19.3 Å². The van der Waals surface area contributed by atoms with Crippen LogP contribution in [0.2, 0.25) is 0 Å². The molecule has 1 aromatic rings. The number of halogens is 4. The zero-order valence-corrected chi connectivity index (χ0v) is 9.25. The summed E-state index contributed by atoms with van der Waals surface area (Å²) in [5.41, 5.74) is 0.114. The van der Waals surface area contributed by atoms with Gasteiger partial charge < -0.3 is 10.4 Å². The van der Waals surface area contributed by atoms with Gasteiger partial charge in [-0.25, -0.2) is 18.6 Å². The second kappa shape index (κ2) is 5.19. The molecule has 1 rings (SSSR count). The van der Waals surface area contributed by atoms with Crippen molar-refractivity contribution >= 4 is 11.8 Å². The van der Waals surface area contributed by atoms with Crippen LogP contribution in [-0.4, -0.2) is 35.0 Å². The topological polar surface area (TPSA) is 62.2 Å². The Morgan fingerprint density at radius 2 is 2.11 bits per heavy atom. The van der Waals surface area contributed by atoms with Crippen molar-refractivity contribution in [1.29, 1.82) is 0 Å². The maximum absolute atomic E-state index is 12.6. The van der Waals surface area contributed by atoms with Gasteiger partial charge in [-0.15, -0.1) is 0 Å². The van der Waals surface area contributed by atoms with Gasteiger partial charge in [0.05, 0.1) is 12.1 Å². The first-order valence-corrected chi connectivity index (χ1v) is 4.84. The van der Waals surface area contributed by atoms with Crippen molar-refractivity contribution in [1.82, 2.24) is 4.98 Å². The molecule has 0 fully saturated rings. The quantitative estimate of drug-likeness (QED) is 0.803. The molecule has 0 saturated carbocycles. The summed E-state index contributed by atoms with van der Waals surface area (Å²) in [4.78, 5) is 14.4. The van der Waals surface area contributed by atoms with Gasteiger partial charge in [-0.2, -0.15) is 8.78 Å². The predicted molar refractivity (Wildman–Crippen MR) is 55.4 cm³/mol. The molecule has 0 amide bonds. The number of hydrogen-bond donors (Lipinski definition) is 2. The normalized spacial score (nSPS) is 11.7. The zero-order chi connectivity index (χ0) is 13.9. The maximum atomic E-state index is 12.6. The first kappa shape index (κ1) is 14.2. The summed E-state index contributed by atoms with van der Waals surface area (Å²) in [5, 5.41) is 10.7. The first-order valence-electron chi connectivity index (χ1n) is 4.84. The van der Waals surface area contributed by atoms with E-state index in [1.54, 1.807) is 0 Å². The number of aromatic nitrogens is 1. The first-order chi connectivity index (χ1) is 8.22. The number of nitrogens with zero attached hydrogens (tertiary/aromatic N) is 1. The Hall–Kier alpha value is -1.86. The van der Waals surface area contributed by atoms with E-state index in [1.165, 1.54) is 13.0 Å². The van der Waals surface area contributed by atoms with E-state index in [4.69, 9.17) is 5.11 Å². The van der Waals surface area contributed by atoms with Gasteiger partial charge in [0.2, 0.25) is 0 Å². The highest BCUT2D eigenvalue weighted by atomic mass is 19.3. The Balaban J connectivity index is 2.83. The summed E-state index contributed by atoms with van der Waals surface area (Å²) in [5.74, 6) is -5.65. The van der Waals surface area contributed by atoms with E-state index in [2.05, 4.69) is 4.98 Å². The van der Waals surface area contributed by atoms with Crippen molar-refractivity contribution in [2.75, 3.05) is 11.9 Å². The van der Waals surface area contributed by atoms with E-state index in [0.29, 0.717) is 0 Å². The van der Waals surface area contributed by atoms with E-state index in [-0.39, 0.29) is 17.1 Å². The number of aromatic carboxylic acids is 1. The molecule has 0 spiro atoms. The van der Waals surface area contributed by atoms with Gasteiger partial charge >= 0.3 is 18.3 Å². The fourth-order valence-electron chi connectivity index (χ4n) is 1.17. The van der Waals surface area contributed by atoms with Gasteiger partial charge in [0.25, 0.3) is 0 Å². The largest absolute Gasteiger partial charge is 0.478 e. The Morgan fingerprint density at radius 3 is 2.61 bits per heavy atom. The molecule has 8 heteroatoms. The number of alkyl halides is 4. The van der Waals surface area contributed by atoms with Crippen LogP contribution in [0.15, 0.2) is 12.1 Å². The summed E-state index contributed by atoms with van der Waals surface area (Å²) < 4.78 is 49.1. The Morgan fingerprint density at radius 1 is 1.50 bits per heavy atom. The van der Waals surface area contributed by atoms with Crippen LogP contribution in [0.1, 0.15) is 16.1 Å². The number of hydrogen-bond acceptors (Lipinski definition) is 3. The molecule has 0 aromatic carbocycles. The number of rotatable bonds is 5. The molecule has 100 valence electrons. The lowest BCUT2D eigenvalue weighted by molar-refractivity contribution is -0.117. The number of anilines is 1. The molecule has 1 heterocycles. The van der Waals surface area contributed by atoms with Gasteiger partial charge in [-0.05, 0) is 19.1 Å². The zero-order valence-electron chi connectivity index (χ0n) is 9.25. The van der Waals surface area contributed by atoms with E-state index in [1.807, 2.05) is 5.32 Å². The van der Waals surface area contributed by atoms with Crippen molar-refractivity contribution in [3.8, 4) is 0 Å². The summed E-state index contributed by atoms with van der Waals surface area (Å²) >= 11 is 0. The van der Waals surface area contributed by atoms with Crippen molar-refractivity contribution in [3.63, 3.8) is 0 Å². The minimum Gasteiger partial charge on any atom is -0.478 e. The highest BCUT2D eigenvalue weighted by molar-refractivity contribution is 5.88. The molecule has 0 saturated heterocycles. The molecular formula is C10H10F4N2O2. The molecule has 1 aromatic heterocycles. The maximum Gasteiger partial charge on any atom is 0.335 e. The lowest BCUT2D eigenvalue weighted by Crippen LogP contribution is -2.35. The molecule has 0 unspecified atom stereocenters. The molecular weight excluding hydrogens is 256 g/mol. The number of carboxylic acids is 1. The third-order valence-electron chi connectivity index (χ3n) is 2.02. The minimum absolute atomic E-state index is 0.162. The molecule has 4 nitrogen and oxygen atoms in total. The fraction of sp³-hybridized carbons (Fsp3) is 0.400. The van der Waals surface area contributed by atoms with E-state index < -0.39 is 24.9 Å². The van der Waals surface area contributed by atoms with Crippen molar-refractivity contribution < 1.29 is 27.5 Å². The average Bonchev–Trinajstić information content (AvgIpc) is 2.25. The fourth-order valence-corrected chi connectivity index (χ4v) is 1.17. The van der Waals surface area contributed by atoms with Crippen LogP contribution >= 0.6 is 0 Å². The van der Waals surface area contributed by atoms with Gasteiger partial charge in [-0.1, -0.05) is 0 Å². The average molecular weight is 266 g/mol. The number of aryl methyl sites for hydroxylation is 1. The minimum atomic E-state index is -4.20. The molecule has 0 radical (unpaired) electrons. The molecule has 0 aliphatic carbocycles. The second-order valence-electron chi connectivity index (χ2n) is 3.60. The smallest absolute Gasteiger partial charge is 0.335 e. The predicted octanol–water partition coefficient (Wildman–Crippen LogP) is 2.40. The summed E-state index contributed by atoms with van der Waals surface area (Å²) in [7, 11) is 0. The lowest BCUT2D eigenvalue weighted by Gasteiger charge is -2.16. The summed E-state index contributed by atoms with van der Waals surface area (Å²) in [6, 6.07) is 2.23. The lowest BCUT2D eigenvalue weighted by atomic mass is 10.2. The molecule has 0 aliphatic rings. The third kappa shape index (κ3) is 3.57. The SMILES string of the molecule is Cc1cc(C(=O)O)cc(NCC(F)(F)C(F)F)n1.